The number of aliphatic hydroxyl groups excluding tert-OH is 1. The molecule has 0 amide bonds. The summed E-state index contributed by atoms with van der Waals surface area (Å²) < 4.78 is 0. The quantitative estimate of drug-likeness (QED) is 0.641. The summed E-state index contributed by atoms with van der Waals surface area (Å²) in [5, 5.41) is 8.69. The Labute approximate surface area is 99.1 Å². The van der Waals surface area contributed by atoms with E-state index >= 15 is 0 Å². The van der Waals surface area contributed by atoms with E-state index in [1.54, 1.807) is 6.92 Å². The summed E-state index contributed by atoms with van der Waals surface area (Å²) in [7, 11) is 0. The highest BCUT2D eigenvalue weighted by Gasteiger charge is 1.95. The summed E-state index contributed by atoms with van der Waals surface area (Å²) in [5.74, 6) is 0.273. The highest BCUT2D eigenvalue weighted by atomic mass is 16.2. The summed E-state index contributed by atoms with van der Waals surface area (Å²) in [5.41, 5.74) is 2.59. The molecule has 0 rings (SSSR count). The van der Waals surface area contributed by atoms with Crippen LogP contribution in [0.15, 0.2) is 23.3 Å². The first kappa shape index (κ1) is 15.1. The SMILES string of the molecule is CC(=O)CCCC(C)=CCCC(C)=CCO. The van der Waals surface area contributed by atoms with Crippen LogP contribution in [-0.2, 0) is 4.79 Å². The van der Waals surface area contributed by atoms with E-state index in [9.17, 15) is 4.79 Å². The Morgan fingerprint density at radius 2 is 1.62 bits per heavy atom. The number of Topliss-reactive ketones (excluding diaryl/α,β-unsaturated/α-hetero) is 1. The summed E-state index contributed by atoms with van der Waals surface area (Å²) in [6.07, 6.45) is 8.77. The summed E-state index contributed by atoms with van der Waals surface area (Å²) >= 11 is 0. The van der Waals surface area contributed by atoms with Crippen LogP contribution in [0.3, 0.4) is 0 Å². The van der Waals surface area contributed by atoms with Crippen LogP contribution in [0.25, 0.3) is 0 Å². The van der Waals surface area contributed by atoms with Crippen LogP contribution < -0.4 is 0 Å². The van der Waals surface area contributed by atoms with Crippen molar-refractivity contribution in [1.29, 1.82) is 0 Å². The molecule has 0 unspecified atom stereocenters. The van der Waals surface area contributed by atoms with E-state index in [4.69, 9.17) is 5.11 Å². The molecule has 0 spiro atoms. The van der Waals surface area contributed by atoms with Crippen molar-refractivity contribution >= 4 is 5.78 Å². The third kappa shape index (κ3) is 9.66. The normalized spacial score (nSPS) is 13.0. The van der Waals surface area contributed by atoms with Gasteiger partial charge in [0.15, 0.2) is 0 Å². The zero-order valence-corrected chi connectivity index (χ0v) is 10.8. The Bertz CT molecular complexity index is 262. The average Bonchev–Trinajstić information content (AvgIpc) is 2.17. The van der Waals surface area contributed by atoms with E-state index in [1.165, 1.54) is 11.1 Å². The number of carbonyl (C=O) groups excluding carboxylic acids is 1. The van der Waals surface area contributed by atoms with E-state index in [-0.39, 0.29) is 12.4 Å². The zero-order chi connectivity index (χ0) is 12.4. The van der Waals surface area contributed by atoms with E-state index in [2.05, 4.69) is 13.0 Å². The minimum Gasteiger partial charge on any atom is -0.392 e. The molecule has 0 aromatic rings. The maximum absolute atomic E-state index is 10.7. The van der Waals surface area contributed by atoms with E-state index < -0.39 is 0 Å². The molecule has 2 nitrogen and oxygen atoms in total. The van der Waals surface area contributed by atoms with Gasteiger partial charge in [0.1, 0.15) is 5.78 Å². The zero-order valence-electron chi connectivity index (χ0n) is 10.8. The fraction of sp³-hybridized carbons (Fsp3) is 0.643. The number of carbonyl (C=O) groups is 1. The molecule has 1 N–H and O–H groups in total. The van der Waals surface area contributed by atoms with E-state index in [1.807, 2.05) is 13.0 Å². The molecular formula is C14H24O2. The second kappa shape index (κ2) is 9.34. The Balaban J connectivity index is 3.70. The number of aliphatic hydroxyl groups is 1. The van der Waals surface area contributed by atoms with Crippen LogP contribution in [-0.4, -0.2) is 17.5 Å². The monoisotopic (exact) mass is 224 g/mol. The van der Waals surface area contributed by atoms with Crippen molar-refractivity contribution < 1.29 is 9.90 Å². The lowest BCUT2D eigenvalue weighted by Gasteiger charge is -2.01. The Morgan fingerprint density at radius 3 is 2.19 bits per heavy atom. The first-order valence-corrected chi connectivity index (χ1v) is 5.97. The van der Waals surface area contributed by atoms with Crippen molar-refractivity contribution in [3.63, 3.8) is 0 Å². The topological polar surface area (TPSA) is 37.3 Å². The maximum Gasteiger partial charge on any atom is 0.129 e. The molecule has 0 aromatic carbocycles. The Morgan fingerprint density at radius 1 is 1.00 bits per heavy atom. The van der Waals surface area contributed by atoms with Crippen molar-refractivity contribution in [3.05, 3.63) is 23.3 Å². The lowest BCUT2D eigenvalue weighted by Crippen LogP contribution is -1.89. The highest BCUT2D eigenvalue weighted by Crippen LogP contribution is 2.11. The number of hydrogen-bond donors (Lipinski definition) is 1. The first-order valence-electron chi connectivity index (χ1n) is 5.97. The molecule has 0 heterocycles. The molecule has 0 atom stereocenters. The second-order valence-corrected chi connectivity index (χ2v) is 4.38. The van der Waals surface area contributed by atoms with Gasteiger partial charge in [0.2, 0.25) is 0 Å². The smallest absolute Gasteiger partial charge is 0.129 e. The van der Waals surface area contributed by atoms with Crippen molar-refractivity contribution in [2.75, 3.05) is 6.61 Å². The van der Waals surface area contributed by atoms with Gasteiger partial charge in [0.05, 0.1) is 6.61 Å². The van der Waals surface area contributed by atoms with Crippen LogP contribution in [0.1, 0.15) is 52.9 Å². The van der Waals surface area contributed by atoms with Crippen molar-refractivity contribution in [2.45, 2.75) is 52.9 Å². The molecular weight excluding hydrogens is 200 g/mol. The summed E-state index contributed by atoms with van der Waals surface area (Å²) in [6, 6.07) is 0. The van der Waals surface area contributed by atoms with Gasteiger partial charge in [-0.15, -0.1) is 0 Å². The summed E-state index contributed by atoms with van der Waals surface area (Å²) in [6.45, 7) is 5.93. The molecule has 16 heavy (non-hydrogen) atoms. The van der Waals surface area contributed by atoms with Crippen LogP contribution in [0.4, 0.5) is 0 Å². The molecule has 92 valence electrons. The lowest BCUT2D eigenvalue weighted by atomic mass is 10.1. The van der Waals surface area contributed by atoms with E-state index in [0.717, 1.165) is 25.7 Å². The van der Waals surface area contributed by atoms with Gasteiger partial charge in [0.25, 0.3) is 0 Å². The molecule has 2 heteroatoms. The van der Waals surface area contributed by atoms with Crippen molar-refractivity contribution in [1.82, 2.24) is 0 Å². The molecule has 0 saturated carbocycles. The summed E-state index contributed by atoms with van der Waals surface area (Å²) in [4.78, 5) is 10.7. The fourth-order valence-electron chi connectivity index (χ4n) is 1.52. The molecule has 0 fully saturated rings. The molecule has 0 radical (unpaired) electrons. The molecule has 0 aliphatic heterocycles. The molecule has 0 saturated heterocycles. The lowest BCUT2D eigenvalue weighted by molar-refractivity contribution is -0.117. The highest BCUT2D eigenvalue weighted by molar-refractivity contribution is 5.75. The van der Waals surface area contributed by atoms with Gasteiger partial charge in [-0.1, -0.05) is 23.3 Å². The number of rotatable bonds is 8. The van der Waals surface area contributed by atoms with Crippen LogP contribution in [0, 0.1) is 0 Å². The third-order valence-corrected chi connectivity index (χ3v) is 2.57. The van der Waals surface area contributed by atoms with Crippen LogP contribution in [0.5, 0.6) is 0 Å². The average molecular weight is 224 g/mol. The predicted molar refractivity (Wildman–Crippen MR) is 68.4 cm³/mol. The standard InChI is InChI=1S/C14H24O2/c1-12(8-5-9-14(3)16)6-4-7-13(2)10-11-15/h6,10,15H,4-5,7-9,11H2,1-3H3. The van der Waals surface area contributed by atoms with Crippen LogP contribution in [0.2, 0.25) is 0 Å². The maximum atomic E-state index is 10.7. The first-order chi connectivity index (χ1) is 7.56. The number of ketones is 1. The van der Waals surface area contributed by atoms with Gasteiger partial charge in [-0.05, 0) is 46.5 Å². The largest absolute Gasteiger partial charge is 0.392 e. The molecule has 0 bridgehead atoms. The fourth-order valence-corrected chi connectivity index (χ4v) is 1.52. The minimum absolute atomic E-state index is 0.132. The minimum atomic E-state index is 0.132. The molecule has 0 aliphatic rings. The number of hydrogen-bond acceptors (Lipinski definition) is 2. The predicted octanol–water partition coefficient (Wildman–Crippen LogP) is 3.41. The van der Waals surface area contributed by atoms with Gasteiger partial charge in [-0.25, -0.2) is 0 Å². The van der Waals surface area contributed by atoms with Gasteiger partial charge >= 0.3 is 0 Å². The van der Waals surface area contributed by atoms with Crippen molar-refractivity contribution in [2.24, 2.45) is 0 Å². The van der Waals surface area contributed by atoms with Crippen LogP contribution >= 0.6 is 0 Å². The second-order valence-electron chi connectivity index (χ2n) is 4.38. The van der Waals surface area contributed by atoms with Gasteiger partial charge in [0, 0.05) is 6.42 Å². The van der Waals surface area contributed by atoms with E-state index in [0.29, 0.717) is 6.42 Å². The van der Waals surface area contributed by atoms with Gasteiger partial charge in [-0.3, -0.25) is 0 Å². The van der Waals surface area contributed by atoms with Gasteiger partial charge < -0.3 is 9.90 Å². The Hall–Kier alpha value is -0.890. The molecule has 0 aromatic heterocycles. The van der Waals surface area contributed by atoms with Gasteiger partial charge in [-0.2, -0.15) is 0 Å². The Kier molecular flexibility index (Phi) is 8.82. The van der Waals surface area contributed by atoms with Crippen molar-refractivity contribution in [3.8, 4) is 0 Å². The third-order valence-electron chi connectivity index (χ3n) is 2.57. The number of allylic oxidation sites excluding steroid dienone is 3. The molecule has 0 aliphatic carbocycles.